The van der Waals surface area contributed by atoms with E-state index < -0.39 is 32.3 Å². The number of nitrogens with zero attached hydrogens (tertiary/aromatic N) is 2. The Labute approximate surface area is 139 Å². The number of halogens is 1. The van der Waals surface area contributed by atoms with E-state index in [-0.39, 0.29) is 5.89 Å². The summed E-state index contributed by atoms with van der Waals surface area (Å²) >= 11 is 0. The second-order valence-electron chi connectivity index (χ2n) is 6.09. The molecule has 9 heteroatoms. The van der Waals surface area contributed by atoms with Crippen molar-refractivity contribution in [2.24, 2.45) is 5.73 Å². The topological polar surface area (TPSA) is 111 Å². The maximum Gasteiger partial charge on any atom is 0.244 e. The molecule has 1 heterocycles. The van der Waals surface area contributed by atoms with Gasteiger partial charge >= 0.3 is 0 Å². The van der Waals surface area contributed by atoms with E-state index in [2.05, 4.69) is 14.9 Å². The summed E-state index contributed by atoms with van der Waals surface area (Å²) in [5, 5.41) is 3.89. The fraction of sp³-hybridized carbons (Fsp3) is 0.467. The first-order valence-corrected chi connectivity index (χ1v) is 9.20. The van der Waals surface area contributed by atoms with Crippen molar-refractivity contribution in [3.05, 3.63) is 41.8 Å². The van der Waals surface area contributed by atoms with Gasteiger partial charge in [-0.15, -0.1) is 0 Å². The van der Waals surface area contributed by atoms with Crippen LogP contribution < -0.4 is 10.5 Å². The van der Waals surface area contributed by atoms with Crippen molar-refractivity contribution in [2.75, 3.05) is 0 Å². The summed E-state index contributed by atoms with van der Waals surface area (Å²) in [4.78, 5) is 3.81. The van der Waals surface area contributed by atoms with Crippen LogP contribution >= 0.6 is 0 Å². The van der Waals surface area contributed by atoms with Gasteiger partial charge in [0.25, 0.3) is 0 Å². The van der Waals surface area contributed by atoms with Gasteiger partial charge in [0.2, 0.25) is 15.9 Å². The zero-order valence-electron chi connectivity index (χ0n) is 13.2. The van der Waals surface area contributed by atoms with Gasteiger partial charge in [-0.05, 0) is 31.9 Å². The second-order valence-corrected chi connectivity index (χ2v) is 7.78. The highest BCUT2D eigenvalue weighted by atomic mass is 32.2. The van der Waals surface area contributed by atoms with E-state index in [9.17, 15) is 12.8 Å². The van der Waals surface area contributed by atoms with Crippen LogP contribution in [0.15, 0.2) is 33.7 Å². The largest absolute Gasteiger partial charge is 0.338 e. The summed E-state index contributed by atoms with van der Waals surface area (Å²) in [5.41, 5.74) is 5.64. The SMILES string of the molecule is CC(NS(=O)(=O)c1ccccc1F)c1nc(C2(N)CCCC2)no1. The highest BCUT2D eigenvalue weighted by Gasteiger charge is 2.36. The number of hydrogen-bond donors (Lipinski definition) is 2. The monoisotopic (exact) mass is 354 g/mol. The lowest BCUT2D eigenvalue weighted by Gasteiger charge is -2.17. The molecule has 1 atom stereocenters. The molecule has 24 heavy (non-hydrogen) atoms. The molecular weight excluding hydrogens is 335 g/mol. The Balaban J connectivity index is 1.79. The summed E-state index contributed by atoms with van der Waals surface area (Å²) < 4.78 is 45.8. The third-order valence-corrected chi connectivity index (χ3v) is 5.79. The molecule has 0 saturated heterocycles. The van der Waals surface area contributed by atoms with Crippen molar-refractivity contribution in [1.82, 2.24) is 14.9 Å². The van der Waals surface area contributed by atoms with Crippen LogP contribution in [0.1, 0.15) is 50.4 Å². The molecule has 1 fully saturated rings. The number of rotatable bonds is 5. The van der Waals surface area contributed by atoms with Crippen LogP contribution in [-0.4, -0.2) is 18.6 Å². The molecule has 0 aliphatic heterocycles. The third-order valence-electron chi connectivity index (χ3n) is 4.21. The van der Waals surface area contributed by atoms with Crippen molar-refractivity contribution >= 4 is 10.0 Å². The Morgan fingerprint density at radius 2 is 2.00 bits per heavy atom. The van der Waals surface area contributed by atoms with Gasteiger partial charge in [0.05, 0.1) is 11.6 Å². The molecule has 0 spiro atoms. The number of hydrogen-bond acceptors (Lipinski definition) is 6. The smallest absolute Gasteiger partial charge is 0.244 e. The van der Waals surface area contributed by atoms with E-state index in [4.69, 9.17) is 10.3 Å². The van der Waals surface area contributed by atoms with Crippen molar-refractivity contribution in [1.29, 1.82) is 0 Å². The Morgan fingerprint density at radius 3 is 2.67 bits per heavy atom. The highest BCUT2D eigenvalue weighted by molar-refractivity contribution is 7.89. The van der Waals surface area contributed by atoms with Crippen LogP contribution in [-0.2, 0) is 15.6 Å². The van der Waals surface area contributed by atoms with Gasteiger partial charge < -0.3 is 10.3 Å². The lowest BCUT2D eigenvalue weighted by molar-refractivity contribution is 0.333. The van der Waals surface area contributed by atoms with Gasteiger partial charge in [-0.1, -0.05) is 30.1 Å². The summed E-state index contributed by atoms with van der Waals surface area (Å²) in [5.74, 6) is -0.344. The Morgan fingerprint density at radius 1 is 1.33 bits per heavy atom. The summed E-state index contributed by atoms with van der Waals surface area (Å²) in [6.45, 7) is 1.55. The standard InChI is InChI=1S/C15H19FN4O3S/c1-10(20-24(21,22)12-7-3-2-6-11(12)16)13-18-14(19-23-13)15(17)8-4-5-9-15/h2-3,6-7,10,20H,4-5,8-9,17H2,1H3. The zero-order valence-corrected chi connectivity index (χ0v) is 14.0. The number of benzene rings is 1. The molecule has 3 N–H and O–H groups in total. The van der Waals surface area contributed by atoms with E-state index in [1.165, 1.54) is 18.2 Å². The van der Waals surface area contributed by atoms with Crippen molar-refractivity contribution in [3.63, 3.8) is 0 Å². The highest BCUT2D eigenvalue weighted by Crippen LogP contribution is 2.35. The molecule has 0 bridgehead atoms. The molecule has 1 unspecified atom stereocenters. The molecule has 0 radical (unpaired) electrons. The van der Waals surface area contributed by atoms with E-state index >= 15 is 0 Å². The quantitative estimate of drug-likeness (QED) is 0.849. The number of aromatic nitrogens is 2. The third kappa shape index (κ3) is 3.19. The van der Waals surface area contributed by atoms with E-state index in [0.29, 0.717) is 5.82 Å². The average molecular weight is 354 g/mol. The van der Waals surface area contributed by atoms with Gasteiger partial charge in [-0.2, -0.15) is 9.71 Å². The number of nitrogens with one attached hydrogen (secondary N) is 1. The van der Waals surface area contributed by atoms with Gasteiger partial charge in [-0.3, -0.25) is 0 Å². The summed E-state index contributed by atoms with van der Waals surface area (Å²) in [6, 6.07) is 4.34. The average Bonchev–Trinajstić information content (AvgIpc) is 3.17. The molecule has 2 aromatic rings. The first-order valence-electron chi connectivity index (χ1n) is 7.72. The predicted molar refractivity (Wildman–Crippen MR) is 83.8 cm³/mol. The lowest BCUT2D eigenvalue weighted by Crippen LogP contribution is -2.34. The van der Waals surface area contributed by atoms with Crippen molar-refractivity contribution in [3.8, 4) is 0 Å². The molecule has 1 aromatic heterocycles. The van der Waals surface area contributed by atoms with Gasteiger partial charge in [0.1, 0.15) is 10.7 Å². The molecule has 7 nitrogen and oxygen atoms in total. The lowest BCUT2D eigenvalue weighted by atomic mass is 9.99. The number of sulfonamides is 1. The molecular formula is C15H19FN4O3S. The Bertz CT molecular complexity index is 831. The zero-order chi connectivity index (χ0) is 17.4. The van der Waals surface area contributed by atoms with Gasteiger partial charge in [0.15, 0.2) is 5.82 Å². The van der Waals surface area contributed by atoms with Crippen LogP contribution in [0, 0.1) is 5.82 Å². The van der Waals surface area contributed by atoms with Crippen LogP contribution in [0.5, 0.6) is 0 Å². The molecule has 1 saturated carbocycles. The van der Waals surface area contributed by atoms with Gasteiger partial charge in [-0.25, -0.2) is 12.8 Å². The van der Waals surface area contributed by atoms with Crippen LogP contribution in [0.3, 0.4) is 0 Å². The van der Waals surface area contributed by atoms with Crippen molar-refractivity contribution < 1.29 is 17.3 Å². The molecule has 130 valence electrons. The van der Waals surface area contributed by atoms with E-state index in [1.807, 2.05) is 0 Å². The minimum absolute atomic E-state index is 0.0987. The fourth-order valence-electron chi connectivity index (χ4n) is 2.85. The first kappa shape index (κ1) is 17.0. The van der Waals surface area contributed by atoms with Crippen molar-refractivity contribution in [2.45, 2.75) is 49.1 Å². The Kier molecular flexibility index (Phi) is 4.41. The maximum absolute atomic E-state index is 13.7. The van der Waals surface area contributed by atoms with Crippen LogP contribution in [0.4, 0.5) is 4.39 Å². The molecule has 1 aliphatic rings. The van der Waals surface area contributed by atoms with E-state index in [1.54, 1.807) is 6.92 Å². The maximum atomic E-state index is 13.7. The predicted octanol–water partition coefficient (Wildman–Crippen LogP) is 1.98. The van der Waals surface area contributed by atoms with E-state index in [0.717, 1.165) is 31.7 Å². The minimum Gasteiger partial charge on any atom is -0.338 e. The Hall–Kier alpha value is -1.84. The normalized spacial score (nSPS) is 18.6. The summed E-state index contributed by atoms with van der Waals surface area (Å²) in [7, 11) is -4.05. The molecule has 1 aliphatic carbocycles. The molecule has 0 amide bonds. The molecule has 3 rings (SSSR count). The first-order chi connectivity index (χ1) is 11.3. The summed E-state index contributed by atoms with van der Waals surface area (Å²) in [6.07, 6.45) is 3.52. The van der Waals surface area contributed by atoms with Gasteiger partial charge in [0, 0.05) is 0 Å². The van der Waals surface area contributed by atoms with Crippen LogP contribution in [0.25, 0.3) is 0 Å². The van der Waals surface area contributed by atoms with Crippen LogP contribution in [0.2, 0.25) is 0 Å². The number of nitrogens with two attached hydrogens (primary N) is 1. The second kappa shape index (κ2) is 6.23. The minimum atomic E-state index is -4.05. The molecule has 1 aromatic carbocycles. The fourth-order valence-corrected chi connectivity index (χ4v) is 4.13.